The number of phenols is 1. The molecule has 0 saturated carbocycles. The maximum Gasteiger partial charge on any atom is 0.134 e. The molecule has 3 aromatic rings. The van der Waals surface area contributed by atoms with Gasteiger partial charge in [0.1, 0.15) is 11.5 Å². The first-order valence-electron chi connectivity index (χ1n) is 7.20. The van der Waals surface area contributed by atoms with Crippen LogP contribution in [0, 0.1) is 0 Å². The van der Waals surface area contributed by atoms with Crippen LogP contribution in [-0.4, -0.2) is 15.5 Å². The first-order valence-corrected chi connectivity index (χ1v) is 8.37. The second kappa shape index (κ2) is 6.38. The monoisotopic (exact) mass is 391 g/mol. The Balaban J connectivity index is 2.21. The van der Waals surface area contributed by atoms with Gasteiger partial charge in [-0.3, -0.25) is 4.79 Å². The molecule has 0 amide bonds. The molecule has 0 aliphatic heterocycles. The number of benzene rings is 2. The Morgan fingerprint density at radius 1 is 1.26 bits per heavy atom. The summed E-state index contributed by atoms with van der Waals surface area (Å²) in [5.74, 6) is 0.0900. The first kappa shape index (κ1) is 16.1. The fourth-order valence-corrected chi connectivity index (χ4v) is 3.56. The predicted molar refractivity (Wildman–Crippen MR) is 96.2 cm³/mol. The van der Waals surface area contributed by atoms with Gasteiger partial charge in [0.25, 0.3) is 0 Å². The summed E-state index contributed by atoms with van der Waals surface area (Å²) in [6.45, 7) is 2.21. The van der Waals surface area contributed by atoms with E-state index in [0.717, 1.165) is 26.6 Å². The summed E-state index contributed by atoms with van der Waals surface area (Å²) in [6, 6.07) is 13.4. The van der Waals surface area contributed by atoms with E-state index in [2.05, 4.69) is 20.5 Å². The van der Waals surface area contributed by atoms with Crippen molar-refractivity contribution in [3.63, 3.8) is 0 Å². The lowest BCUT2D eigenvalue weighted by Crippen LogP contribution is -2.01. The van der Waals surface area contributed by atoms with E-state index < -0.39 is 0 Å². The minimum absolute atomic E-state index is 0.0216. The highest BCUT2D eigenvalue weighted by Gasteiger charge is 2.18. The highest BCUT2D eigenvalue weighted by molar-refractivity contribution is 9.10. The normalized spacial score (nSPS) is 11.1. The summed E-state index contributed by atoms with van der Waals surface area (Å²) in [4.78, 5) is 11.6. The molecule has 0 spiro atoms. The zero-order chi connectivity index (χ0) is 16.6. The zero-order valence-corrected chi connectivity index (χ0v) is 14.9. The maximum absolute atomic E-state index is 11.6. The van der Waals surface area contributed by atoms with Gasteiger partial charge in [-0.1, -0.05) is 41.9 Å². The number of Topliss-reactive ketones (excluding diaryl/α,β-unsaturated/α-hetero) is 1. The predicted octanol–water partition coefficient (Wildman–Crippen LogP) is 4.94. The Kier molecular flexibility index (Phi) is 4.46. The molecule has 0 fully saturated rings. The average Bonchev–Trinajstić information content (AvgIpc) is 2.74. The highest BCUT2D eigenvalue weighted by Crippen LogP contribution is 2.37. The van der Waals surface area contributed by atoms with Gasteiger partial charge in [0.2, 0.25) is 0 Å². The van der Waals surface area contributed by atoms with Crippen molar-refractivity contribution in [1.82, 2.24) is 4.57 Å². The molecule has 0 saturated heterocycles. The molecule has 0 aliphatic rings. The molecule has 0 bridgehead atoms. The van der Waals surface area contributed by atoms with Crippen LogP contribution in [0.1, 0.15) is 18.1 Å². The summed E-state index contributed by atoms with van der Waals surface area (Å²) in [5, 5.41) is 11.1. The molecule has 1 N–H and O–H groups in total. The van der Waals surface area contributed by atoms with Gasteiger partial charge in [0.15, 0.2) is 0 Å². The number of carbonyl (C=O) groups is 1. The van der Waals surface area contributed by atoms with Crippen LogP contribution in [0.5, 0.6) is 5.75 Å². The number of rotatable bonds is 4. The molecular weight excluding hydrogens is 378 g/mol. The number of aromatic hydroxyl groups is 1. The lowest BCUT2D eigenvalue weighted by atomic mass is 10.1. The van der Waals surface area contributed by atoms with Crippen molar-refractivity contribution in [1.29, 1.82) is 0 Å². The average molecular weight is 393 g/mol. The maximum atomic E-state index is 11.6. The van der Waals surface area contributed by atoms with Crippen LogP contribution < -0.4 is 0 Å². The second-order valence-electron chi connectivity index (χ2n) is 5.54. The van der Waals surface area contributed by atoms with Gasteiger partial charge in [0, 0.05) is 18.4 Å². The number of ketones is 1. The van der Waals surface area contributed by atoms with E-state index in [1.165, 1.54) is 0 Å². The molecule has 3 nitrogen and oxygen atoms in total. The topological polar surface area (TPSA) is 42.2 Å². The number of phenolic OH excluding ortho intramolecular Hbond substituents is 1. The quantitative estimate of drug-likeness (QED) is 0.683. The van der Waals surface area contributed by atoms with E-state index in [1.54, 1.807) is 19.1 Å². The van der Waals surface area contributed by atoms with E-state index in [-0.39, 0.29) is 11.5 Å². The third-order valence-electron chi connectivity index (χ3n) is 3.78. The lowest BCUT2D eigenvalue weighted by Gasteiger charge is -2.08. The summed E-state index contributed by atoms with van der Waals surface area (Å²) in [5.41, 5.74) is 2.90. The second-order valence-corrected chi connectivity index (χ2v) is 6.70. The van der Waals surface area contributed by atoms with Crippen molar-refractivity contribution in [2.45, 2.75) is 19.9 Å². The molecule has 3 rings (SSSR count). The largest absolute Gasteiger partial charge is 0.506 e. The van der Waals surface area contributed by atoms with Crippen LogP contribution in [0.3, 0.4) is 0 Å². The van der Waals surface area contributed by atoms with Crippen molar-refractivity contribution >= 4 is 44.2 Å². The number of nitrogens with zero attached hydrogens (tertiary/aromatic N) is 1. The van der Waals surface area contributed by atoms with Crippen molar-refractivity contribution in [2.24, 2.45) is 0 Å². The molecule has 0 aliphatic carbocycles. The van der Waals surface area contributed by atoms with Crippen molar-refractivity contribution in [3.05, 3.63) is 63.2 Å². The molecule has 1 aromatic heterocycles. The smallest absolute Gasteiger partial charge is 0.134 e. The summed E-state index contributed by atoms with van der Waals surface area (Å²) in [6.07, 6.45) is 0.306. The van der Waals surface area contributed by atoms with E-state index in [1.807, 2.05) is 30.3 Å². The van der Waals surface area contributed by atoms with Gasteiger partial charge in [-0.2, -0.15) is 0 Å². The standard InChI is InChI=1S/C18H15BrClNO2/c1-11(22)7-14-13-8-17(23)15(20)9-16(13)21(18(14)19)10-12-5-3-2-4-6-12/h2-6,8-9,23H,7,10H2,1H3. The van der Waals surface area contributed by atoms with Gasteiger partial charge < -0.3 is 9.67 Å². The minimum atomic E-state index is 0.0216. The third-order valence-corrected chi connectivity index (χ3v) is 4.99. The third kappa shape index (κ3) is 3.14. The summed E-state index contributed by atoms with van der Waals surface area (Å²) in [7, 11) is 0. The number of halogens is 2. The molecule has 2 aromatic carbocycles. The molecule has 1 heterocycles. The summed E-state index contributed by atoms with van der Waals surface area (Å²) >= 11 is 9.70. The van der Waals surface area contributed by atoms with Crippen LogP contribution in [0.4, 0.5) is 0 Å². The number of carbonyl (C=O) groups excluding carboxylic acids is 1. The number of hydrogen-bond donors (Lipinski definition) is 1. The molecule has 23 heavy (non-hydrogen) atoms. The van der Waals surface area contributed by atoms with Gasteiger partial charge in [-0.25, -0.2) is 0 Å². The van der Waals surface area contributed by atoms with Gasteiger partial charge in [-0.05, 0) is 46.1 Å². The Hall–Kier alpha value is -1.78. The molecule has 0 radical (unpaired) electrons. The molecule has 0 atom stereocenters. The van der Waals surface area contributed by atoms with E-state index in [0.29, 0.717) is 18.0 Å². The van der Waals surface area contributed by atoms with Crippen molar-refractivity contribution in [2.75, 3.05) is 0 Å². The van der Waals surface area contributed by atoms with Crippen LogP contribution in [0.2, 0.25) is 5.02 Å². The Labute approximate surface area is 147 Å². The van der Waals surface area contributed by atoms with E-state index in [9.17, 15) is 9.90 Å². The van der Waals surface area contributed by atoms with Crippen LogP contribution >= 0.6 is 27.5 Å². The summed E-state index contributed by atoms with van der Waals surface area (Å²) < 4.78 is 2.90. The van der Waals surface area contributed by atoms with Crippen LogP contribution in [-0.2, 0) is 17.8 Å². The van der Waals surface area contributed by atoms with Gasteiger partial charge in [0.05, 0.1) is 15.1 Å². The van der Waals surface area contributed by atoms with Crippen molar-refractivity contribution in [3.8, 4) is 5.75 Å². The molecular formula is C18H15BrClNO2. The number of fused-ring (bicyclic) bond motifs is 1. The lowest BCUT2D eigenvalue weighted by molar-refractivity contribution is -0.116. The molecule has 5 heteroatoms. The number of hydrogen-bond acceptors (Lipinski definition) is 2. The fourth-order valence-electron chi connectivity index (χ4n) is 2.73. The molecule has 118 valence electrons. The zero-order valence-electron chi connectivity index (χ0n) is 12.5. The first-order chi connectivity index (χ1) is 11.0. The Bertz CT molecular complexity index is 887. The minimum Gasteiger partial charge on any atom is -0.506 e. The van der Waals surface area contributed by atoms with E-state index >= 15 is 0 Å². The fraction of sp³-hybridized carbons (Fsp3) is 0.167. The molecule has 0 unspecified atom stereocenters. The Morgan fingerprint density at radius 3 is 2.61 bits per heavy atom. The van der Waals surface area contributed by atoms with Gasteiger partial charge >= 0.3 is 0 Å². The number of aromatic nitrogens is 1. The SMILES string of the molecule is CC(=O)Cc1c(Br)n(Cc2ccccc2)c2cc(Cl)c(O)cc12. The van der Waals surface area contributed by atoms with Gasteiger partial charge in [-0.15, -0.1) is 0 Å². The van der Waals surface area contributed by atoms with E-state index in [4.69, 9.17) is 11.6 Å². The van der Waals surface area contributed by atoms with Crippen molar-refractivity contribution < 1.29 is 9.90 Å². The Morgan fingerprint density at radius 2 is 1.96 bits per heavy atom. The van der Waals surface area contributed by atoms with Crippen LogP contribution in [0.25, 0.3) is 10.9 Å². The highest BCUT2D eigenvalue weighted by atomic mass is 79.9. The van der Waals surface area contributed by atoms with Crippen LogP contribution in [0.15, 0.2) is 47.1 Å².